The van der Waals surface area contributed by atoms with Crippen LogP contribution in [0.2, 0.25) is 0 Å². The van der Waals surface area contributed by atoms with E-state index in [1.165, 1.54) is 0 Å². The molecule has 0 aliphatic heterocycles. The Morgan fingerprint density at radius 2 is 2.27 bits per heavy atom. The molecule has 4 heteroatoms. The quantitative estimate of drug-likeness (QED) is 0.803. The van der Waals surface area contributed by atoms with Gasteiger partial charge in [-0.1, -0.05) is 18.2 Å². The van der Waals surface area contributed by atoms with Gasteiger partial charge in [0.1, 0.15) is 5.75 Å². The van der Waals surface area contributed by atoms with Crippen molar-refractivity contribution in [2.24, 2.45) is 0 Å². The second kappa shape index (κ2) is 2.95. The van der Waals surface area contributed by atoms with Gasteiger partial charge in [-0.15, -0.1) is 0 Å². The number of rotatable bonds is 2. The van der Waals surface area contributed by atoms with E-state index in [0.29, 0.717) is 5.65 Å². The Kier molecular flexibility index (Phi) is 1.62. The fraction of sp³-hybridized carbons (Fsp3) is 0.0909. The first-order valence-electron chi connectivity index (χ1n) is 4.66. The normalized spacial score (nSPS) is 13.8. The number of aromatic amines is 1. The first-order valence-corrected chi connectivity index (χ1v) is 4.66. The summed E-state index contributed by atoms with van der Waals surface area (Å²) < 4.78 is 5.29. The van der Waals surface area contributed by atoms with E-state index >= 15 is 0 Å². The largest absolute Gasteiger partial charge is 0.496 e. The zero-order chi connectivity index (χ0) is 10.3. The summed E-state index contributed by atoms with van der Waals surface area (Å²) in [6.45, 7) is 0. The van der Waals surface area contributed by atoms with Crippen LogP contribution >= 0.6 is 0 Å². The van der Waals surface area contributed by atoms with Crippen LogP contribution in [0.1, 0.15) is 5.69 Å². The minimum atomic E-state index is 0.686. The predicted octanol–water partition coefficient (Wildman–Crippen LogP) is 1.92. The molecule has 1 aliphatic rings. The van der Waals surface area contributed by atoms with E-state index in [1.54, 1.807) is 13.3 Å². The van der Waals surface area contributed by atoms with Gasteiger partial charge in [0.05, 0.1) is 18.2 Å². The van der Waals surface area contributed by atoms with Crippen molar-refractivity contribution in [2.45, 2.75) is 0 Å². The molecule has 0 fully saturated rings. The van der Waals surface area contributed by atoms with Crippen LogP contribution in [0.4, 0.5) is 0 Å². The van der Waals surface area contributed by atoms with Gasteiger partial charge in [0.2, 0.25) is 0 Å². The van der Waals surface area contributed by atoms with E-state index < -0.39 is 0 Å². The van der Waals surface area contributed by atoms with Gasteiger partial charge >= 0.3 is 0 Å². The van der Waals surface area contributed by atoms with Crippen LogP contribution in [0.3, 0.4) is 0 Å². The van der Waals surface area contributed by atoms with Gasteiger partial charge in [-0.05, 0) is 6.07 Å². The highest BCUT2D eigenvalue weighted by molar-refractivity contribution is 5.97. The van der Waals surface area contributed by atoms with E-state index in [1.807, 2.05) is 24.3 Å². The summed E-state index contributed by atoms with van der Waals surface area (Å²) in [7, 11) is 1.65. The molecule has 0 spiro atoms. The average Bonchev–Trinajstić information content (AvgIpc) is 2.59. The van der Waals surface area contributed by atoms with Gasteiger partial charge in [0, 0.05) is 11.8 Å². The van der Waals surface area contributed by atoms with E-state index in [9.17, 15) is 0 Å². The molecule has 0 saturated heterocycles. The number of hydrogen-bond donors (Lipinski definition) is 1. The predicted molar refractivity (Wildman–Crippen MR) is 57.6 cm³/mol. The average molecular weight is 199 g/mol. The van der Waals surface area contributed by atoms with E-state index in [2.05, 4.69) is 15.2 Å². The highest BCUT2D eigenvalue weighted by atomic mass is 16.5. The fourth-order valence-electron chi connectivity index (χ4n) is 1.66. The molecule has 2 aromatic heterocycles. The minimum absolute atomic E-state index is 0.686. The molecule has 1 N–H and O–H groups in total. The number of hydrogen-bond acceptors (Lipinski definition) is 3. The van der Waals surface area contributed by atoms with Crippen molar-refractivity contribution in [2.75, 3.05) is 7.11 Å². The van der Waals surface area contributed by atoms with Crippen molar-refractivity contribution < 1.29 is 4.74 Å². The highest BCUT2D eigenvalue weighted by Gasteiger charge is 2.15. The maximum absolute atomic E-state index is 5.29. The van der Waals surface area contributed by atoms with Gasteiger partial charge in [-0.3, -0.25) is 5.10 Å². The molecule has 0 amide bonds. The Balaban J connectivity index is 2.30. The van der Waals surface area contributed by atoms with Crippen LogP contribution in [-0.4, -0.2) is 22.3 Å². The lowest BCUT2D eigenvalue weighted by Gasteiger charge is -2.06. The Hall–Kier alpha value is -2.10. The highest BCUT2D eigenvalue weighted by Crippen LogP contribution is 2.32. The van der Waals surface area contributed by atoms with Crippen molar-refractivity contribution in [3.8, 4) is 5.75 Å². The smallest absolute Gasteiger partial charge is 0.185 e. The number of fused-ring (bicyclic) bond motifs is 1. The van der Waals surface area contributed by atoms with E-state index in [4.69, 9.17) is 4.74 Å². The second-order valence-corrected chi connectivity index (χ2v) is 3.29. The third-order valence-electron chi connectivity index (χ3n) is 2.48. The molecule has 0 radical (unpaired) electrons. The molecule has 4 nitrogen and oxygen atoms in total. The van der Waals surface area contributed by atoms with Crippen molar-refractivity contribution in [3.05, 3.63) is 36.2 Å². The monoisotopic (exact) mass is 199 g/mol. The second-order valence-electron chi connectivity index (χ2n) is 3.29. The summed E-state index contributed by atoms with van der Waals surface area (Å²) in [6.07, 6.45) is 7.74. The van der Waals surface area contributed by atoms with Crippen molar-refractivity contribution in [1.29, 1.82) is 0 Å². The minimum Gasteiger partial charge on any atom is -0.496 e. The molecule has 15 heavy (non-hydrogen) atoms. The van der Waals surface area contributed by atoms with Gasteiger partial charge in [0.15, 0.2) is 5.65 Å². The molecule has 2 aromatic rings. The lowest BCUT2D eigenvalue weighted by Crippen LogP contribution is -1.90. The summed E-state index contributed by atoms with van der Waals surface area (Å²) in [5.74, 6) is 0.796. The van der Waals surface area contributed by atoms with Crippen LogP contribution in [-0.2, 0) is 0 Å². The Bertz CT molecular complexity index is 581. The zero-order valence-electron chi connectivity index (χ0n) is 8.19. The van der Waals surface area contributed by atoms with Crippen LogP contribution in [0.15, 0.2) is 30.5 Å². The molecule has 0 saturated carbocycles. The molecule has 0 bridgehead atoms. The zero-order valence-corrected chi connectivity index (χ0v) is 8.19. The first-order chi connectivity index (χ1) is 7.40. The Labute approximate surface area is 86.3 Å². The molecule has 2 heterocycles. The van der Waals surface area contributed by atoms with Crippen molar-refractivity contribution >= 4 is 16.6 Å². The number of ether oxygens (including phenoxy) is 1. The van der Waals surface area contributed by atoms with Crippen LogP contribution in [0.5, 0.6) is 5.75 Å². The molecule has 0 aromatic carbocycles. The summed E-state index contributed by atoms with van der Waals surface area (Å²) in [5.41, 5.74) is 2.78. The van der Waals surface area contributed by atoms with E-state index in [-0.39, 0.29) is 0 Å². The summed E-state index contributed by atoms with van der Waals surface area (Å²) >= 11 is 0. The number of methoxy groups -OCH3 is 1. The lowest BCUT2D eigenvalue weighted by atomic mass is 10.0. The summed E-state index contributed by atoms with van der Waals surface area (Å²) in [6, 6.07) is 1.84. The summed E-state index contributed by atoms with van der Waals surface area (Å²) in [4.78, 5) is 4.18. The van der Waals surface area contributed by atoms with Gasteiger partial charge in [-0.2, -0.15) is 5.10 Å². The Morgan fingerprint density at radius 1 is 1.40 bits per heavy atom. The molecule has 74 valence electrons. The molecule has 3 rings (SSSR count). The topological polar surface area (TPSA) is 50.8 Å². The first kappa shape index (κ1) is 8.23. The number of nitrogens with zero attached hydrogens (tertiary/aromatic N) is 2. The molecule has 0 unspecified atom stereocenters. The number of aromatic nitrogens is 3. The molecule has 0 atom stereocenters. The van der Waals surface area contributed by atoms with Crippen molar-refractivity contribution in [1.82, 2.24) is 15.2 Å². The standard InChI is InChI=1S/C11H9N3O/c1-15-8-5-6-12-11-9(8)10(13-14-11)7-3-2-4-7/h2-6H,1H3,(H,12,13,14). The van der Waals surface area contributed by atoms with Gasteiger partial charge in [0.25, 0.3) is 0 Å². The SMILES string of the molecule is COc1ccnc2n[nH]c(C3=CC=C3)c12. The number of H-pyrrole nitrogens is 1. The maximum atomic E-state index is 5.29. The number of nitrogens with one attached hydrogen (secondary N) is 1. The van der Waals surface area contributed by atoms with Gasteiger partial charge in [-0.25, -0.2) is 4.98 Å². The van der Waals surface area contributed by atoms with E-state index in [0.717, 1.165) is 22.4 Å². The maximum Gasteiger partial charge on any atom is 0.185 e. The van der Waals surface area contributed by atoms with Crippen LogP contribution < -0.4 is 4.74 Å². The molecule has 1 aliphatic carbocycles. The van der Waals surface area contributed by atoms with Crippen LogP contribution in [0.25, 0.3) is 16.6 Å². The van der Waals surface area contributed by atoms with Crippen molar-refractivity contribution in [3.63, 3.8) is 0 Å². The number of allylic oxidation sites excluding steroid dienone is 4. The molecular weight excluding hydrogens is 190 g/mol. The third-order valence-corrected chi connectivity index (χ3v) is 2.48. The summed E-state index contributed by atoms with van der Waals surface area (Å²) in [5, 5.41) is 8.06. The third kappa shape index (κ3) is 1.08. The fourth-order valence-corrected chi connectivity index (χ4v) is 1.66. The lowest BCUT2D eigenvalue weighted by molar-refractivity contribution is 0.419. The molecular formula is C11H9N3O. The van der Waals surface area contributed by atoms with Crippen LogP contribution in [0, 0.1) is 0 Å². The number of pyridine rings is 1. The van der Waals surface area contributed by atoms with Gasteiger partial charge < -0.3 is 4.74 Å². The Morgan fingerprint density at radius 3 is 2.93 bits per heavy atom.